The summed E-state index contributed by atoms with van der Waals surface area (Å²) in [5.74, 6) is 1.42. The molecule has 0 spiro atoms. The Bertz CT molecular complexity index is 1270. The third-order valence-corrected chi connectivity index (χ3v) is 12.3. The highest BCUT2D eigenvalue weighted by molar-refractivity contribution is 7.11. The van der Waals surface area contributed by atoms with Crippen molar-refractivity contribution >= 4 is 34.5 Å². The molecular formula is C49H80N2O3S. The number of carbonyl (C=O) groups excluding carboxylic acids is 2. The lowest BCUT2D eigenvalue weighted by Crippen LogP contribution is -2.34. The Morgan fingerprint density at radius 3 is 1.33 bits per heavy atom. The molecule has 0 aromatic carbocycles. The number of fused-ring (bicyclic) bond motifs is 1. The molecule has 2 amide bonds. The molecule has 6 heteroatoms. The third-order valence-electron chi connectivity index (χ3n) is 11.4. The van der Waals surface area contributed by atoms with Gasteiger partial charge in [0.2, 0.25) is 0 Å². The molecule has 2 unspecified atom stereocenters. The Hall–Kier alpha value is -2.60. The molecule has 2 aromatic rings. The van der Waals surface area contributed by atoms with Crippen molar-refractivity contribution in [1.82, 2.24) is 9.80 Å². The highest BCUT2D eigenvalue weighted by Gasteiger charge is 2.50. The van der Waals surface area contributed by atoms with E-state index in [0.717, 1.165) is 36.3 Å². The SMILES string of the molecule is CCC.CCCCCCCCC(CCCCCC)CN1C(=O)C2=C(c3cccs3)N(CC(CCCCCC)CCCCCCCC)C(=O)C2=C1c1ccco1. The molecule has 4 heterocycles. The molecule has 2 atom stereocenters. The van der Waals surface area contributed by atoms with E-state index in [-0.39, 0.29) is 11.8 Å². The standard InChI is InChI=1S/C46H72N2O3S.C3H8/c1-5-9-13-17-19-23-29-37(27-21-15-11-7-3)35-47-43(39-31-25-33-51-39)41-42(46(47)50)44(40-32-26-34-52-40)48(45(41)49)36-38(28-22-16-12-8-4)30-24-20-18-14-10-6-2;1-3-2/h25-26,31-34,37-38H,5-24,27-30,35-36H2,1-4H3;3H2,1-2H3. The number of hydrogen-bond donors (Lipinski definition) is 0. The zero-order chi connectivity index (χ0) is 39.7. The van der Waals surface area contributed by atoms with Crippen molar-refractivity contribution in [1.29, 1.82) is 0 Å². The Morgan fingerprint density at radius 2 is 0.927 bits per heavy atom. The number of rotatable bonds is 30. The number of nitrogens with zero attached hydrogens (tertiary/aromatic N) is 2. The molecule has 0 saturated carbocycles. The molecule has 0 aliphatic carbocycles. The first-order chi connectivity index (χ1) is 27.0. The maximum atomic E-state index is 14.9. The van der Waals surface area contributed by atoms with Gasteiger partial charge < -0.3 is 14.2 Å². The topological polar surface area (TPSA) is 53.8 Å². The molecular weight excluding hydrogens is 697 g/mol. The monoisotopic (exact) mass is 777 g/mol. The molecule has 2 aliphatic heterocycles. The molecule has 0 radical (unpaired) electrons. The zero-order valence-corrected chi connectivity index (χ0v) is 37.1. The van der Waals surface area contributed by atoms with Crippen LogP contribution in [0.5, 0.6) is 0 Å². The highest BCUT2D eigenvalue weighted by Crippen LogP contribution is 2.48. The Morgan fingerprint density at radius 1 is 0.527 bits per heavy atom. The van der Waals surface area contributed by atoms with Gasteiger partial charge in [0.15, 0.2) is 5.76 Å². The summed E-state index contributed by atoms with van der Waals surface area (Å²) in [7, 11) is 0. The number of thiophene rings is 1. The average Bonchev–Trinajstić information content (AvgIpc) is 4.00. The normalized spacial score (nSPS) is 15.3. The van der Waals surface area contributed by atoms with Crippen molar-refractivity contribution in [2.75, 3.05) is 13.1 Å². The summed E-state index contributed by atoms with van der Waals surface area (Å²) >= 11 is 1.64. The van der Waals surface area contributed by atoms with E-state index in [1.54, 1.807) is 17.6 Å². The molecule has 5 nitrogen and oxygen atoms in total. The first-order valence-corrected chi connectivity index (χ1v) is 24.0. The van der Waals surface area contributed by atoms with Gasteiger partial charge in [0.25, 0.3) is 11.8 Å². The van der Waals surface area contributed by atoms with Crippen molar-refractivity contribution in [2.24, 2.45) is 11.8 Å². The van der Waals surface area contributed by atoms with E-state index in [1.807, 2.05) is 28.0 Å². The quantitative estimate of drug-likeness (QED) is 0.0743. The van der Waals surface area contributed by atoms with Crippen LogP contribution in [0.3, 0.4) is 0 Å². The zero-order valence-electron chi connectivity index (χ0n) is 36.2. The second kappa shape index (κ2) is 27.9. The minimum Gasteiger partial charge on any atom is -0.463 e. The van der Waals surface area contributed by atoms with Gasteiger partial charge in [0, 0.05) is 13.1 Å². The lowest BCUT2D eigenvalue weighted by atomic mass is 9.93. The molecule has 55 heavy (non-hydrogen) atoms. The van der Waals surface area contributed by atoms with Gasteiger partial charge in [-0.15, -0.1) is 11.3 Å². The summed E-state index contributed by atoms with van der Waals surface area (Å²) in [6, 6.07) is 7.97. The maximum Gasteiger partial charge on any atom is 0.261 e. The maximum absolute atomic E-state index is 14.9. The summed E-state index contributed by atoms with van der Waals surface area (Å²) in [5.41, 5.74) is 2.70. The van der Waals surface area contributed by atoms with Gasteiger partial charge in [-0.05, 0) is 61.1 Å². The van der Waals surface area contributed by atoms with Gasteiger partial charge in [-0.2, -0.15) is 0 Å². The number of unbranched alkanes of at least 4 members (excludes halogenated alkanes) is 16. The summed E-state index contributed by atoms with van der Waals surface area (Å²) in [6.45, 7) is 14.6. The molecule has 4 rings (SSSR count). The fourth-order valence-electron chi connectivity index (χ4n) is 8.40. The minimum absolute atomic E-state index is 0.0161. The van der Waals surface area contributed by atoms with Crippen LogP contribution in [0, 0.1) is 11.8 Å². The lowest BCUT2D eigenvalue weighted by molar-refractivity contribution is -0.124. The number of furan rings is 1. The summed E-state index contributed by atoms with van der Waals surface area (Å²) in [4.78, 5) is 34.7. The molecule has 310 valence electrons. The summed E-state index contributed by atoms with van der Waals surface area (Å²) in [5, 5.41) is 2.07. The van der Waals surface area contributed by atoms with Crippen LogP contribution in [0.2, 0.25) is 0 Å². The largest absolute Gasteiger partial charge is 0.463 e. The van der Waals surface area contributed by atoms with Crippen molar-refractivity contribution in [3.63, 3.8) is 0 Å². The van der Waals surface area contributed by atoms with Crippen LogP contribution in [0.1, 0.15) is 213 Å². The second-order valence-electron chi connectivity index (χ2n) is 16.5. The Balaban J connectivity index is 0.00000262. The van der Waals surface area contributed by atoms with E-state index < -0.39 is 0 Å². The smallest absolute Gasteiger partial charge is 0.261 e. The second-order valence-corrected chi connectivity index (χ2v) is 17.4. The van der Waals surface area contributed by atoms with Crippen LogP contribution >= 0.6 is 11.3 Å². The van der Waals surface area contributed by atoms with Crippen molar-refractivity contribution in [3.05, 3.63) is 57.7 Å². The predicted octanol–water partition coefficient (Wildman–Crippen LogP) is 15.2. The van der Waals surface area contributed by atoms with Crippen LogP contribution in [0.15, 0.2) is 51.5 Å². The van der Waals surface area contributed by atoms with E-state index in [2.05, 4.69) is 53.0 Å². The summed E-state index contributed by atoms with van der Waals surface area (Å²) < 4.78 is 6.05. The van der Waals surface area contributed by atoms with Crippen LogP contribution < -0.4 is 0 Å². The van der Waals surface area contributed by atoms with E-state index >= 15 is 0 Å². The van der Waals surface area contributed by atoms with Crippen molar-refractivity contribution in [3.8, 4) is 0 Å². The molecule has 0 bridgehead atoms. The van der Waals surface area contributed by atoms with E-state index in [1.165, 1.54) is 135 Å². The number of carbonyl (C=O) groups is 2. The minimum atomic E-state index is -0.0161. The van der Waals surface area contributed by atoms with Crippen LogP contribution in [0.25, 0.3) is 11.4 Å². The van der Waals surface area contributed by atoms with Gasteiger partial charge in [-0.25, -0.2) is 0 Å². The summed E-state index contributed by atoms with van der Waals surface area (Å²) in [6.07, 6.45) is 32.6. The molecule has 2 aliphatic rings. The fourth-order valence-corrected chi connectivity index (χ4v) is 9.18. The Labute approximate surface area is 341 Å². The molecule has 0 saturated heterocycles. The van der Waals surface area contributed by atoms with Crippen LogP contribution in [-0.2, 0) is 9.59 Å². The lowest BCUT2D eigenvalue weighted by Gasteiger charge is -2.29. The average molecular weight is 777 g/mol. The van der Waals surface area contributed by atoms with Crippen molar-refractivity contribution in [2.45, 2.75) is 202 Å². The van der Waals surface area contributed by atoms with Crippen molar-refractivity contribution < 1.29 is 14.0 Å². The number of amides is 2. The first-order valence-electron chi connectivity index (χ1n) is 23.2. The van der Waals surface area contributed by atoms with Gasteiger partial charge in [-0.3, -0.25) is 9.59 Å². The fraction of sp³-hybridized carbons (Fsp3) is 0.714. The third kappa shape index (κ3) is 15.0. The molecule has 2 aromatic heterocycles. The predicted molar refractivity (Wildman–Crippen MR) is 237 cm³/mol. The first kappa shape index (κ1) is 46.8. The van der Waals surface area contributed by atoms with Gasteiger partial charge in [0.05, 0.1) is 28.0 Å². The van der Waals surface area contributed by atoms with Gasteiger partial charge >= 0.3 is 0 Å². The number of hydrogen-bond acceptors (Lipinski definition) is 4. The highest BCUT2D eigenvalue weighted by atomic mass is 32.1. The van der Waals surface area contributed by atoms with Crippen LogP contribution in [-0.4, -0.2) is 34.7 Å². The van der Waals surface area contributed by atoms with E-state index in [4.69, 9.17) is 4.42 Å². The van der Waals surface area contributed by atoms with Crippen LogP contribution in [0.4, 0.5) is 0 Å². The van der Waals surface area contributed by atoms with E-state index in [0.29, 0.717) is 47.5 Å². The molecule has 0 N–H and O–H groups in total. The van der Waals surface area contributed by atoms with Gasteiger partial charge in [0.1, 0.15) is 5.70 Å². The van der Waals surface area contributed by atoms with E-state index in [9.17, 15) is 9.59 Å². The van der Waals surface area contributed by atoms with Gasteiger partial charge in [-0.1, -0.05) is 182 Å². The molecule has 0 fully saturated rings. The Kier molecular flexibility index (Phi) is 23.7.